The van der Waals surface area contributed by atoms with Gasteiger partial charge < -0.3 is 10.2 Å². The van der Waals surface area contributed by atoms with Gasteiger partial charge in [0.1, 0.15) is 6.04 Å². The molecule has 0 bridgehead atoms. The second-order valence-corrected chi connectivity index (χ2v) is 4.38. The van der Waals surface area contributed by atoms with E-state index in [1.54, 1.807) is 4.90 Å². The number of hydrogen-bond acceptors (Lipinski definition) is 2. The van der Waals surface area contributed by atoms with Crippen LogP contribution in [0, 0.1) is 0 Å². The predicted octanol–water partition coefficient (Wildman–Crippen LogP) is 0.666. The summed E-state index contributed by atoms with van der Waals surface area (Å²) in [5.74, 6) is 0.153. The fraction of sp³-hybridized carbons (Fsp3) is 0.818. The van der Waals surface area contributed by atoms with E-state index in [0.717, 1.165) is 32.2 Å². The summed E-state index contributed by atoms with van der Waals surface area (Å²) in [7, 11) is 0. The normalized spacial score (nSPS) is 25.4. The topological polar surface area (TPSA) is 49.4 Å². The lowest BCUT2D eigenvalue weighted by atomic mass is 10.2. The largest absolute Gasteiger partial charge is 0.352 e. The summed E-state index contributed by atoms with van der Waals surface area (Å²) in [5, 5.41) is 2.97. The van der Waals surface area contributed by atoms with Gasteiger partial charge in [0.15, 0.2) is 0 Å². The molecule has 1 atom stereocenters. The monoisotopic (exact) mass is 210 g/mol. The van der Waals surface area contributed by atoms with Crippen molar-refractivity contribution in [3.8, 4) is 0 Å². The Kier molecular flexibility index (Phi) is 2.93. The summed E-state index contributed by atoms with van der Waals surface area (Å²) in [4.78, 5) is 25.1. The minimum atomic E-state index is -0.196. The van der Waals surface area contributed by atoms with Crippen LogP contribution in [-0.2, 0) is 9.59 Å². The van der Waals surface area contributed by atoms with Crippen LogP contribution >= 0.6 is 0 Å². The van der Waals surface area contributed by atoms with Crippen molar-refractivity contribution in [2.24, 2.45) is 0 Å². The smallest absolute Gasteiger partial charge is 0.243 e. The van der Waals surface area contributed by atoms with E-state index in [-0.39, 0.29) is 17.9 Å². The van der Waals surface area contributed by atoms with Gasteiger partial charge in [0.2, 0.25) is 11.8 Å². The van der Waals surface area contributed by atoms with Gasteiger partial charge >= 0.3 is 0 Å². The summed E-state index contributed by atoms with van der Waals surface area (Å²) >= 11 is 0. The van der Waals surface area contributed by atoms with Gasteiger partial charge in [-0.2, -0.15) is 0 Å². The molecule has 0 radical (unpaired) electrons. The summed E-state index contributed by atoms with van der Waals surface area (Å²) in [6, 6.07) is 0.190. The van der Waals surface area contributed by atoms with Crippen LogP contribution < -0.4 is 5.32 Å². The van der Waals surface area contributed by atoms with Crippen LogP contribution in [0.3, 0.4) is 0 Å². The molecule has 0 aromatic carbocycles. The van der Waals surface area contributed by atoms with Gasteiger partial charge in [0.25, 0.3) is 0 Å². The maximum absolute atomic E-state index is 11.8. The zero-order valence-corrected chi connectivity index (χ0v) is 9.16. The molecule has 1 aliphatic carbocycles. The van der Waals surface area contributed by atoms with Crippen LogP contribution in [0.25, 0.3) is 0 Å². The molecule has 1 N–H and O–H groups in total. The SMILES string of the molecule is CCC(=O)N1CCC[C@H]1C(=O)NC1CC1. The van der Waals surface area contributed by atoms with E-state index in [1.165, 1.54) is 0 Å². The molecular formula is C11H18N2O2. The Morgan fingerprint density at radius 1 is 1.33 bits per heavy atom. The average Bonchev–Trinajstić information content (AvgIpc) is 2.90. The predicted molar refractivity (Wildman–Crippen MR) is 56.2 cm³/mol. The summed E-state index contributed by atoms with van der Waals surface area (Å²) < 4.78 is 0. The third kappa shape index (κ3) is 2.30. The minimum absolute atomic E-state index is 0.0526. The molecule has 1 saturated carbocycles. The number of nitrogens with one attached hydrogen (secondary N) is 1. The highest BCUT2D eigenvalue weighted by Crippen LogP contribution is 2.22. The van der Waals surface area contributed by atoms with Crippen molar-refractivity contribution in [2.75, 3.05) is 6.54 Å². The Morgan fingerprint density at radius 2 is 2.07 bits per heavy atom. The quantitative estimate of drug-likeness (QED) is 0.744. The summed E-state index contributed by atoms with van der Waals surface area (Å²) in [6.45, 7) is 2.59. The summed E-state index contributed by atoms with van der Waals surface area (Å²) in [6.07, 6.45) is 4.46. The third-order valence-electron chi connectivity index (χ3n) is 3.10. The number of likely N-dealkylation sites (tertiary alicyclic amines) is 1. The molecule has 0 aromatic heterocycles. The lowest BCUT2D eigenvalue weighted by Crippen LogP contribution is -2.46. The average molecular weight is 210 g/mol. The number of amides is 2. The van der Waals surface area contributed by atoms with E-state index in [1.807, 2.05) is 6.92 Å². The zero-order chi connectivity index (χ0) is 10.8. The van der Waals surface area contributed by atoms with Crippen molar-refractivity contribution >= 4 is 11.8 Å². The van der Waals surface area contributed by atoms with Crippen molar-refractivity contribution in [3.63, 3.8) is 0 Å². The van der Waals surface area contributed by atoms with E-state index >= 15 is 0 Å². The molecule has 4 heteroatoms. The van der Waals surface area contributed by atoms with Crippen LogP contribution in [0.15, 0.2) is 0 Å². The first-order valence-electron chi connectivity index (χ1n) is 5.82. The maximum atomic E-state index is 11.8. The van der Waals surface area contributed by atoms with Crippen molar-refractivity contribution in [2.45, 2.75) is 51.1 Å². The molecule has 84 valence electrons. The Morgan fingerprint density at radius 3 is 2.67 bits per heavy atom. The number of carbonyl (C=O) groups excluding carboxylic acids is 2. The van der Waals surface area contributed by atoms with Crippen molar-refractivity contribution in [1.82, 2.24) is 10.2 Å². The van der Waals surface area contributed by atoms with Gasteiger partial charge in [0, 0.05) is 19.0 Å². The fourth-order valence-corrected chi connectivity index (χ4v) is 2.07. The lowest BCUT2D eigenvalue weighted by molar-refractivity contribution is -0.138. The molecule has 0 unspecified atom stereocenters. The molecule has 1 aliphatic heterocycles. The molecule has 0 spiro atoms. The molecule has 2 aliphatic rings. The minimum Gasteiger partial charge on any atom is -0.352 e. The second-order valence-electron chi connectivity index (χ2n) is 4.38. The molecule has 1 saturated heterocycles. The molecule has 2 rings (SSSR count). The van der Waals surface area contributed by atoms with E-state index < -0.39 is 0 Å². The van der Waals surface area contributed by atoms with Crippen molar-refractivity contribution < 1.29 is 9.59 Å². The highest BCUT2D eigenvalue weighted by molar-refractivity contribution is 5.88. The van der Waals surface area contributed by atoms with E-state index in [0.29, 0.717) is 12.5 Å². The second kappa shape index (κ2) is 4.21. The Bertz CT molecular complexity index is 274. The van der Waals surface area contributed by atoms with E-state index in [4.69, 9.17) is 0 Å². The van der Waals surface area contributed by atoms with Crippen LogP contribution in [0.2, 0.25) is 0 Å². The maximum Gasteiger partial charge on any atom is 0.243 e. The molecule has 4 nitrogen and oxygen atoms in total. The summed E-state index contributed by atoms with van der Waals surface area (Å²) in [5.41, 5.74) is 0. The molecule has 0 aromatic rings. The first kappa shape index (κ1) is 10.5. The van der Waals surface area contributed by atoms with Crippen LogP contribution in [0.4, 0.5) is 0 Å². The van der Waals surface area contributed by atoms with Gasteiger partial charge in [-0.1, -0.05) is 6.92 Å². The number of hydrogen-bond donors (Lipinski definition) is 1. The molecular weight excluding hydrogens is 192 g/mol. The van der Waals surface area contributed by atoms with Crippen LogP contribution in [0.1, 0.15) is 39.0 Å². The zero-order valence-electron chi connectivity index (χ0n) is 9.16. The highest BCUT2D eigenvalue weighted by Gasteiger charge is 2.35. The van der Waals surface area contributed by atoms with Gasteiger partial charge in [-0.3, -0.25) is 9.59 Å². The third-order valence-corrected chi connectivity index (χ3v) is 3.10. The van der Waals surface area contributed by atoms with Crippen molar-refractivity contribution in [3.05, 3.63) is 0 Å². The Balaban J connectivity index is 1.93. The molecule has 2 amide bonds. The Labute approximate surface area is 90.0 Å². The lowest BCUT2D eigenvalue weighted by Gasteiger charge is -2.23. The first-order chi connectivity index (χ1) is 7.22. The number of rotatable bonds is 3. The molecule has 1 heterocycles. The van der Waals surface area contributed by atoms with Gasteiger partial charge in [-0.05, 0) is 25.7 Å². The molecule has 2 fully saturated rings. The van der Waals surface area contributed by atoms with Gasteiger partial charge in [0.05, 0.1) is 0 Å². The van der Waals surface area contributed by atoms with Gasteiger partial charge in [-0.15, -0.1) is 0 Å². The van der Waals surface area contributed by atoms with E-state index in [9.17, 15) is 9.59 Å². The van der Waals surface area contributed by atoms with Crippen LogP contribution in [0.5, 0.6) is 0 Å². The molecule has 15 heavy (non-hydrogen) atoms. The fourth-order valence-electron chi connectivity index (χ4n) is 2.07. The van der Waals surface area contributed by atoms with Crippen molar-refractivity contribution in [1.29, 1.82) is 0 Å². The number of nitrogens with zero attached hydrogens (tertiary/aromatic N) is 1. The Hall–Kier alpha value is -1.06. The number of carbonyl (C=O) groups is 2. The first-order valence-corrected chi connectivity index (χ1v) is 5.82. The standard InChI is InChI=1S/C11H18N2O2/c1-2-10(14)13-7-3-4-9(13)11(15)12-8-5-6-8/h8-9H,2-7H2,1H3,(H,12,15)/t9-/m0/s1. The van der Waals surface area contributed by atoms with Gasteiger partial charge in [-0.25, -0.2) is 0 Å². The van der Waals surface area contributed by atoms with Crippen LogP contribution in [-0.4, -0.2) is 35.3 Å². The highest BCUT2D eigenvalue weighted by atomic mass is 16.2. The van der Waals surface area contributed by atoms with E-state index in [2.05, 4.69) is 5.32 Å².